The minimum atomic E-state index is 0.889. The Bertz CT molecular complexity index is 14.4. The second-order valence-electron chi connectivity index (χ2n) is 0.993. The smallest absolute Gasteiger partial charge is 0.104 e. The highest BCUT2D eigenvalue weighted by Gasteiger charge is 1.66. The molecule has 0 fully saturated rings. The monoisotopic (exact) mass is 72.1 g/mol. The lowest BCUT2D eigenvalue weighted by atomic mass is 10.1. The summed E-state index contributed by atoms with van der Waals surface area (Å²) in [4.78, 5) is 0. The average molecular weight is 71.9 g/mol. The van der Waals surface area contributed by atoms with Gasteiger partial charge in [-0.2, -0.15) is 0 Å². The summed E-state index contributed by atoms with van der Waals surface area (Å²) in [6, 6.07) is 0. The van der Waals surface area contributed by atoms with Gasteiger partial charge in [0.2, 0.25) is 0 Å². The Labute approximate surface area is 33.7 Å². The Morgan fingerprint density at radius 1 is 1.80 bits per heavy atom. The van der Waals surface area contributed by atoms with Crippen LogP contribution in [0.4, 0.5) is 0 Å². The molecule has 0 rings (SSSR count). The second-order valence-corrected chi connectivity index (χ2v) is 0.993. The first kappa shape index (κ1) is 5.02. The number of hydrogen-bond acceptors (Lipinski definition) is 1. The van der Waals surface area contributed by atoms with Crippen LogP contribution in [0.1, 0.15) is 0 Å². The lowest BCUT2D eigenvalue weighted by molar-refractivity contribution is 0.216. The minimum absolute atomic E-state index is 0.889. The largest absolute Gasteiger partial charge is 0.385 e. The van der Waals surface area contributed by atoms with Crippen molar-refractivity contribution in [3.05, 3.63) is 0 Å². The number of methoxy groups -OCH3 is 1. The number of rotatable bonds is 2. The Balaban J connectivity index is 2.19. The van der Waals surface area contributed by atoms with E-state index in [1.165, 1.54) is 0 Å². The predicted molar refractivity (Wildman–Crippen MR) is 25.2 cm³/mol. The molecule has 0 aromatic carbocycles. The Kier molecular flexibility index (Phi) is 4.05. The summed E-state index contributed by atoms with van der Waals surface area (Å²) in [5.41, 5.74) is 0. The standard InChI is InChI=1S/C3H9BO/c1-5-3-2-4/h2-4H2,1H3. The van der Waals surface area contributed by atoms with Gasteiger partial charge in [0.1, 0.15) is 7.85 Å². The molecule has 0 aliphatic heterocycles. The molecule has 0 saturated carbocycles. The van der Waals surface area contributed by atoms with Gasteiger partial charge in [0.05, 0.1) is 0 Å². The highest BCUT2D eigenvalue weighted by atomic mass is 16.5. The molecule has 1 nitrogen and oxygen atoms in total. The molecule has 5 heavy (non-hydrogen) atoms. The van der Waals surface area contributed by atoms with Gasteiger partial charge in [-0.25, -0.2) is 0 Å². The van der Waals surface area contributed by atoms with Crippen LogP contribution in [-0.4, -0.2) is 21.6 Å². The molecule has 0 aliphatic carbocycles. The molecule has 0 amide bonds. The van der Waals surface area contributed by atoms with Crippen LogP contribution >= 0.6 is 0 Å². The van der Waals surface area contributed by atoms with E-state index < -0.39 is 0 Å². The maximum atomic E-state index is 4.69. The molecule has 0 spiro atoms. The molecule has 0 bridgehead atoms. The van der Waals surface area contributed by atoms with E-state index in [2.05, 4.69) is 7.85 Å². The summed E-state index contributed by atoms with van der Waals surface area (Å²) in [6.07, 6.45) is 1.12. The van der Waals surface area contributed by atoms with Crippen molar-refractivity contribution in [2.24, 2.45) is 0 Å². The quantitative estimate of drug-likeness (QED) is 0.406. The SMILES string of the molecule is BCCOC. The molecule has 0 heterocycles. The molecule has 0 unspecified atom stereocenters. The first-order valence-corrected chi connectivity index (χ1v) is 1.90. The molecular weight excluding hydrogens is 62.8 g/mol. The first-order chi connectivity index (χ1) is 2.41. The van der Waals surface area contributed by atoms with E-state index in [4.69, 9.17) is 4.74 Å². The van der Waals surface area contributed by atoms with Crippen LogP contribution < -0.4 is 0 Å². The van der Waals surface area contributed by atoms with E-state index in [1.807, 2.05) is 0 Å². The van der Waals surface area contributed by atoms with Crippen molar-refractivity contribution in [3.8, 4) is 0 Å². The average Bonchev–Trinajstić information content (AvgIpc) is 1.41. The van der Waals surface area contributed by atoms with Crippen LogP contribution in [0, 0.1) is 0 Å². The first-order valence-electron chi connectivity index (χ1n) is 1.90. The summed E-state index contributed by atoms with van der Waals surface area (Å²) in [7, 11) is 3.80. The molecule has 0 aromatic heterocycles. The maximum Gasteiger partial charge on any atom is 0.104 e. The van der Waals surface area contributed by atoms with Crippen LogP contribution in [0.15, 0.2) is 0 Å². The Hall–Kier alpha value is 0.0249. The van der Waals surface area contributed by atoms with Crippen molar-refractivity contribution < 1.29 is 4.74 Å². The number of ether oxygens (including phenoxy) is 1. The van der Waals surface area contributed by atoms with Gasteiger partial charge in [-0.15, -0.1) is 0 Å². The van der Waals surface area contributed by atoms with Crippen molar-refractivity contribution in [1.82, 2.24) is 0 Å². The Morgan fingerprint density at radius 2 is 2.40 bits per heavy atom. The lowest BCUT2D eigenvalue weighted by Crippen LogP contribution is -1.82. The molecule has 2 heteroatoms. The van der Waals surface area contributed by atoms with Crippen molar-refractivity contribution in [2.75, 3.05) is 13.7 Å². The van der Waals surface area contributed by atoms with Gasteiger partial charge in [-0.1, -0.05) is 6.32 Å². The lowest BCUT2D eigenvalue weighted by Gasteiger charge is -1.84. The van der Waals surface area contributed by atoms with Crippen LogP contribution in [-0.2, 0) is 4.74 Å². The summed E-state index contributed by atoms with van der Waals surface area (Å²) in [5, 5.41) is 0. The highest BCUT2D eigenvalue weighted by Crippen LogP contribution is 1.67. The molecule has 0 atom stereocenters. The summed E-state index contributed by atoms with van der Waals surface area (Å²) < 4.78 is 4.69. The summed E-state index contributed by atoms with van der Waals surface area (Å²) in [6.45, 7) is 0.889. The van der Waals surface area contributed by atoms with Gasteiger partial charge in [0, 0.05) is 13.7 Å². The van der Waals surface area contributed by atoms with Crippen LogP contribution in [0.2, 0.25) is 6.32 Å². The van der Waals surface area contributed by atoms with E-state index in [9.17, 15) is 0 Å². The third-order valence-electron chi connectivity index (χ3n) is 0.408. The molecule has 0 saturated heterocycles. The van der Waals surface area contributed by atoms with Gasteiger partial charge in [-0.05, 0) is 0 Å². The van der Waals surface area contributed by atoms with Gasteiger partial charge < -0.3 is 4.74 Å². The van der Waals surface area contributed by atoms with Gasteiger partial charge in [-0.3, -0.25) is 0 Å². The Morgan fingerprint density at radius 3 is 2.40 bits per heavy atom. The third kappa shape index (κ3) is 4.02. The van der Waals surface area contributed by atoms with Crippen LogP contribution in [0.3, 0.4) is 0 Å². The topological polar surface area (TPSA) is 9.23 Å². The van der Waals surface area contributed by atoms with Crippen molar-refractivity contribution in [1.29, 1.82) is 0 Å². The van der Waals surface area contributed by atoms with Crippen LogP contribution in [0.5, 0.6) is 0 Å². The second kappa shape index (κ2) is 4.02. The van der Waals surface area contributed by atoms with Crippen molar-refractivity contribution >= 4 is 7.85 Å². The zero-order valence-electron chi connectivity index (χ0n) is 3.82. The fourth-order valence-electron chi connectivity index (χ4n) is 0.204. The zero-order chi connectivity index (χ0) is 4.12. The third-order valence-corrected chi connectivity index (χ3v) is 0.408. The van der Waals surface area contributed by atoms with E-state index in [1.54, 1.807) is 7.11 Å². The van der Waals surface area contributed by atoms with Gasteiger partial charge in [0.15, 0.2) is 0 Å². The van der Waals surface area contributed by atoms with E-state index in [0.717, 1.165) is 12.9 Å². The fraction of sp³-hybridized carbons (Fsp3) is 1.00. The van der Waals surface area contributed by atoms with Crippen LogP contribution in [0.25, 0.3) is 0 Å². The van der Waals surface area contributed by atoms with Gasteiger partial charge in [0.25, 0.3) is 0 Å². The minimum Gasteiger partial charge on any atom is -0.385 e. The summed E-state index contributed by atoms with van der Waals surface area (Å²) >= 11 is 0. The molecular formula is C3H9BO. The fourth-order valence-corrected chi connectivity index (χ4v) is 0.204. The molecule has 0 aliphatic rings. The molecule has 0 aromatic rings. The van der Waals surface area contributed by atoms with E-state index >= 15 is 0 Å². The predicted octanol–water partition coefficient (Wildman–Crippen LogP) is -0.316. The van der Waals surface area contributed by atoms with E-state index in [0.29, 0.717) is 0 Å². The highest BCUT2D eigenvalue weighted by molar-refractivity contribution is 6.08. The zero-order valence-corrected chi connectivity index (χ0v) is 3.82. The normalized spacial score (nSPS) is 8.20. The molecule has 0 radical (unpaired) electrons. The van der Waals surface area contributed by atoms with Crippen molar-refractivity contribution in [3.63, 3.8) is 0 Å². The molecule has 0 N–H and O–H groups in total. The van der Waals surface area contributed by atoms with Gasteiger partial charge >= 0.3 is 0 Å². The molecule has 30 valence electrons. The number of hydrogen-bond donors (Lipinski definition) is 0. The summed E-state index contributed by atoms with van der Waals surface area (Å²) in [5.74, 6) is 0. The van der Waals surface area contributed by atoms with E-state index in [-0.39, 0.29) is 0 Å². The maximum absolute atomic E-state index is 4.69. The van der Waals surface area contributed by atoms with Crippen molar-refractivity contribution in [2.45, 2.75) is 6.32 Å².